The molecule has 0 atom stereocenters. The van der Waals surface area contributed by atoms with Gasteiger partial charge < -0.3 is 14.9 Å². The quantitative estimate of drug-likeness (QED) is 0.633. The summed E-state index contributed by atoms with van der Waals surface area (Å²) in [6.45, 7) is 1.10. The molecular formula is C10H14N2O4. The highest BCUT2D eigenvalue weighted by molar-refractivity contribution is 5.95. The topological polar surface area (TPSA) is 77.9 Å². The second-order valence-electron chi connectivity index (χ2n) is 3.60. The number of carboxylic acids is 1. The highest BCUT2D eigenvalue weighted by Gasteiger charge is 2.21. The molecule has 0 aliphatic carbocycles. The largest absolute Gasteiger partial charge is 0.478 e. The van der Waals surface area contributed by atoms with Crippen LogP contribution in [0.2, 0.25) is 0 Å². The van der Waals surface area contributed by atoms with E-state index in [-0.39, 0.29) is 12.5 Å². The zero-order valence-corrected chi connectivity index (χ0v) is 9.05. The maximum Gasteiger partial charge on any atom is 0.328 e. The van der Waals surface area contributed by atoms with E-state index in [1.54, 1.807) is 11.9 Å². The van der Waals surface area contributed by atoms with E-state index >= 15 is 0 Å². The summed E-state index contributed by atoms with van der Waals surface area (Å²) in [5, 5.41) is 8.38. The van der Waals surface area contributed by atoms with Gasteiger partial charge in [0.15, 0.2) is 0 Å². The van der Waals surface area contributed by atoms with Crippen LogP contribution in [-0.4, -0.2) is 59.4 Å². The van der Waals surface area contributed by atoms with Gasteiger partial charge in [0.2, 0.25) is 11.8 Å². The summed E-state index contributed by atoms with van der Waals surface area (Å²) >= 11 is 0. The van der Waals surface area contributed by atoms with Crippen molar-refractivity contribution in [1.29, 1.82) is 0 Å². The molecule has 0 aromatic carbocycles. The second-order valence-corrected chi connectivity index (χ2v) is 3.60. The standard InChI is InChI=1S/C10H14N2O4/c1-11-5-2-6-12(7-9(11)14)8(13)3-4-10(15)16/h3-4H,2,5-7H2,1H3,(H,15,16)/b4-3+. The van der Waals surface area contributed by atoms with Gasteiger partial charge >= 0.3 is 5.97 Å². The summed E-state index contributed by atoms with van der Waals surface area (Å²) in [7, 11) is 1.68. The molecule has 0 unspecified atom stereocenters. The summed E-state index contributed by atoms with van der Waals surface area (Å²) in [5.41, 5.74) is 0. The summed E-state index contributed by atoms with van der Waals surface area (Å²) < 4.78 is 0. The summed E-state index contributed by atoms with van der Waals surface area (Å²) in [5.74, 6) is -1.74. The summed E-state index contributed by atoms with van der Waals surface area (Å²) in [6, 6.07) is 0. The summed E-state index contributed by atoms with van der Waals surface area (Å²) in [4.78, 5) is 36.1. The molecular weight excluding hydrogens is 212 g/mol. The first-order chi connectivity index (χ1) is 7.50. The lowest BCUT2D eigenvalue weighted by Crippen LogP contribution is -2.37. The van der Waals surface area contributed by atoms with Crippen molar-refractivity contribution in [3.8, 4) is 0 Å². The predicted octanol–water partition coefficient (Wildman–Crippen LogP) is -0.682. The van der Waals surface area contributed by atoms with Gasteiger partial charge in [-0.05, 0) is 6.42 Å². The van der Waals surface area contributed by atoms with Crippen LogP contribution < -0.4 is 0 Å². The van der Waals surface area contributed by atoms with E-state index in [0.29, 0.717) is 19.5 Å². The van der Waals surface area contributed by atoms with Gasteiger partial charge in [-0.3, -0.25) is 9.59 Å². The number of carbonyl (C=O) groups excluding carboxylic acids is 2. The van der Waals surface area contributed by atoms with Crippen LogP contribution >= 0.6 is 0 Å². The van der Waals surface area contributed by atoms with Gasteiger partial charge in [-0.25, -0.2) is 4.79 Å². The fourth-order valence-electron chi connectivity index (χ4n) is 1.42. The van der Waals surface area contributed by atoms with Gasteiger partial charge in [-0.15, -0.1) is 0 Å². The van der Waals surface area contributed by atoms with Crippen molar-refractivity contribution in [3.05, 3.63) is 12.2 Å². The van der Waals surface area contributed by atoms with Crippen molar-refractivity contribution >= 4 is 17.8 Å². The number of aliphatic carboxylic acids is 1. The van der Waals surface area contributed by atoms with Gasteiger partial charge in [0.1, 0.15) is 0 Å². The lowest BCUT2D eigenvalue weighted by atomic mass is 10.3. The van der Waals surface area contributed by atoms with Crippen LogP contribution in [0.1, 0.15) is 6.42 Å². The maximum atomic E-state index is 11.5. The van der Waals surface area contributed by atoms with Crippen LogP contribution in [-0.2, 0) is 14.4 Å². The number of carboxylic acid groups (broad SMARTS) is 1. The van der Waals surface area contributed by atoms with E-state index in [1.165, 1.54) is 4.90 Å². The molecule has 1 heterocycles. The van der Waals surface area contributed by atoms with Crippen molar-refractivity contribution in [1.82, 2.24) is 9.80 Å². The van der Waals surface area contributed by atoms with E-state index < -0.39 is 11.9 Å². The fourth-order valence-corrected chi connectivity index (χ4v) is 1.42. The minimum atomic E-state index is -1.17. The number of carbonyl (C=O) groups is 3. The third-order valence-electron chi connectivity index (χ3n) is 2.35. The van der Waals surface area contributed by atoms with Crippen molar-refractivity contribution in [2.75, 3.05) is 26.7 Å². The molecule has 1 fully saturated rings. The van der Waals surface area contributed by atoms with Crippen LogP contribution in [0.3, 0.4) is 0 Å². The maximum absolute atomic E-state index is 11.5. The van der Waals surface area contributed by atoms with E-state index in [2.05, 4.69) is 0 Å². The van der Waals surface area contributed by atoms with E-state index in [4.69, 9.17) is 5.11 Å². The Bertz CT molecular complexity index is 338. The Labute approximate surface area is 93.1 Å². The average molecular weight is 226 g/mol. The van der Waals surface area contributed by atoms with Crippen LogP contribution in [0.15, 0.2) is 12.2 Å². The van der Waals surface area contributed by atoms with E-state index in [9.17, 15) is 14.4 Å². The number of likely N-dealkylation sites (N-methyl/N-ethyl adjacent to an activating group) is 1. The lowest BCUT2D eigenvalue weighted by molar-refractivity contribution is -0.135. The van der Waals surface area contributed by atoms with Crippen LogP contribution in [0.25, 0.3) is 0 Å². The highest BCUT2D eigenvalue weighted by Crippen LogP contribution is 2.03. The van der Waals surface area contributed by atoms with Gasteiger partial charge in [0.05, 0.1) is 6.54 Å². The Morgan fingerprint density at radius 2 is 2.00 bits per heavy atom. The Kier molecular flexibility index (Phi) is 4.04. The Balaban J connectivity index is 2.62. The van der Waals surface area contributed by atoms with Gasteiger partial charge in [-0.2, -0.15) is 0 Å². The number of hydrogen-bond donors (Lipinski definition) is 1. The molecule has 1 saturated heterocycles. The Hall–Kier alpha value is -1.85. The number of rotatable bonds is 2. The Morgan fingerprint density at radius 3 is 2.62 bits per heavy atom. The van der Waals surface area contributed by atoms with Crippen LogP contribution in [0, 0.1) is 0 Å². The average Bonchev–Trinajstić information content (AvgIpc) is 2.38. The molecule has 0 aromatic rings. The van der Waals surface area contributed by atoms with Crippen LogP contribution in [0.4, 0.5) is 0 Å². The molecule has 0 saturated carbocycles. The molecule has 1 aliphatic rings. The molecule has 6 nitrogen and oxygen atoms in total. The molecule has 0 spiro atoms. The first-order valence-electron chi connectivity index (χ1n) is 4.94. The molecule has 2 amide bonds. The van der Waals surface area contributed by atoms with Crippen LogP contribution in [0.5, 0.6) is 0 Å². The molecule has 16 heavy (non-hydrogen) atoms. The zero-order valence-electron chi connectivity index (χ0n) is 9.05. The number of amides is 2. The van der Waals surface area contributed by atoms with E-state index in [1.807, 2.05) is 0 Å². The summed E-state index contributed by atoms with van der Waals surface area (Å²) in [6.07, 6.45) is 2.46. The molecule has 1 aliphatic heterocycles. The van der Waals surface area contributed by atoms with Crippen molar-refractivity contribution in [3.63, 3.8) is 0 Å². The SMILES string of the molecule is CN1CCCN(C(=O)/C=C/C(=O)O)CC1=O. The molecule has 88 valence electrons. The minimum absolute atomic E-state index is 0.0132. The highest BCUT2D eigenvalue weighted by atomic mass is 16.4. The predicted molar refractivity (Wildman–Crippen MR) is 55.6 cm³/mol. The molecule has 0 bridgehead atoms. The van der Waals surface area contributed by atoms with Gasteiger partial charge in [-0.1, -0.05) is 0 Å². The first-order valence-corrected chi connectivity index (χ1v) is 4.94. The van der Waals surface area contributed by atoms with E-state index in [0.717, 1.165) is 12.2 Å². The minimum Gasteiger partial charge on any atom is -0.478 e. The zero-order chi connectivity index (χ0) is 12.1. The first kappa shape index (κ1) is 12.2. The molecule has 1 N–H and O–H groups in total. The molecule has 0 radical (unpaired) electrons. The Morgan fingerprint density at radius 1 is 1.31 bits per heavy atom. The van der Waals surface area contributed by atoms with Crippen molar-refractivity contribution in [2.45, 2.75) is 6.42 Å². The smallest absolute Gasteiger partial charge is 0.328 e. The fraction of sp³-hybridized carbons (Fsp3) is 0.500. The monoisotopic (exact) mass is 226 g/mol. The number of hydrogen-bond acceptors (Lipinski definition) is 3. The third-order valence-corrected chi connectivity index (χ3v) is 2.35. The van der Waals surface area contributed by atoms with Gasteiger partial charge in [0.25, 0.3) is 0 Å². The normalized spacial score (nSPS) is 17.7. The van der Waals surface area contributed by atoms with Crippen molar-refractivity contribution < 1.29 is 19.5 Å². The molecule has 0 aromatic heterocycles. The number of nitrogens with zero attached hydrogens (tertiary/aromatic N) is 2. The second kappa shape index (κ2) is 5.29. The molecule has 1 rings (SSSR count). The molecule has 6 heteroatoms. The third kappa shape index (κ3) is 3.38. The lowest BCUT2D eigenvalue weighted by Gasteiger charge is -2.17. The van der Waals surface area contributed by atoms with Crippen molar-refractivity contribution in [2.24, 2.45) is 0 Å². The van der Waals surface area contributed by atoms with Gasteiger partial charge in [0, 0.05) is 32.3 Å².